The van der Waals surface area contributed by atoms with E-state index in [9.17, 15) is 4.79 Å². The van der Waals surface area contributed by atoms with E-state index >= 15 is 0 Å². The lowest BCUT2D eigenvalue weighted by Gasteiger charge is -2.09. The van der Waals surface area contributed by atoms with Crippen molar-refractivity contribution in [2.24, 2.45) is 0 Å². The Balaban J connectivity index is 2.72. The summed E-state index contributed by atoms with van der Waals surface area (Å²) >= 11 is 12.1. The third kappa shape index (κ3) is 2.28. The van der Waals surface area contributed by atoms with E-state index in [1.54, 1.807) is 30.3 Å². The first-order chi connectivity index (χ1) is 8.13. The first-order valence-corrected chi connectivity index (χ1v) is 5.68. The van der Waals surface area contributed by atoms with Crippen LogP contribution in [-0.2, 0) is 0 Å². The summed E-state index contributed by atoms with van der Waals surface area (Å²) in [5, 5.41) is 0.775. The van der Waals surface area contributed by atoms with Gasteiger partial charge >= 0.3 is 0 Å². The normalized spacial score (nSPS) is 10.2. The molecule has 0 heterocycles. The summed E-state index contributed by atoms with van der Waals surface area (Å²) in [6.45, 7) is 0. The van der Waals surface area contributed by atoms with Crippen molar-refractivity contribution in [3.8, 4) is 11.1 Å². The molecule has 0 saturated heterocycles. The maximum atomic E-state index is 11.0. The summed E-state index contributed by atoms with van der Waals surface area (Å²) in [4.78, 5) is 11.0. The second-order valence-corrected chi connectivity index (χ2v) is 4.35. The van der Waals surface area contributed by atoms with Gasteiger partial charge in [0, 0.05) is 16.8 Å². The number of benzene rings is 2. The zero-order chi connectivity index (χ0) is 12.4. The molecule has 86 valence electrons. The molecule has 0 unspecified atom stereocenters. The summed E-state index contributed by atoms with van der Waals surface area (Å²) in [5.74, 6) is 0. The van der Waals surface area contributed by atoms with Crippen LogP contribution < -0.4 is 5.73 Å². The van der Waals surface area contributed by atoms with E-state index in [1.807, 2.05) is 6.07 Å². The second-order valence-electron chi connectivity index (χ2n) is 3.57. The predicted octanol–water partition coefficient (Wildman–Crippen LogP) is 4.06. The van der Waals surface area contributed by atoms with Gasteiger partial charge in [-0.1, -0.05) is 47.5 Å². The van der Waals surface area contributed by atoms with Gasteiger partial charge in [-0.05, 0) is 17.7 Å². The summed E-state index contributed by atoms with van der Waals surface area (Å²) < 4.78 is 0. The van der Waals surface area contributed by atoms with Crippen molar-refractivity contribution in [3.63, 3.8) is 0 Å². The number of aldehydes is 1. The van der Waals surface area contributed by atoms with E-state index in [0.29, 0.717) is 26.9 Å². The topological polar surface area (TPSA) is 43.1 Å². The van der Waals surface area contributed by atoms with Crippen molar-refractivity contribution >= 4 is 35.2 Å². The third-order valence-electron chi connectivity index (χ3n) is 2.43. The van der Waals surface area contributed by atoms with Crippen LogP contribution in [-0.4, -0.2) is 6.29 Å². The highest BCUT2D eigenvalue weighted by Crippen LogP contribution is 2.36. The van der Waals surface area contributed by atoms with Crippen LogP contribution in [0, 0.1) is 0 Å². The van der Waals surface area contributed by atoms with Gasteiger partial charge in [-0.15, -0.1) is 0 Å². The molecule has 0 atom stereocenters. The number of carbonyl (C=O) groups excluding carboxylic acids is 1. The zero-order valence-electron chi connectivity index (χ0n) is 8.78. The van der Waals surface area contributed by atoms with Crippen molar-refractivity contribution in [1.82, 2.24) is 0 Å². The van der Waals surface area contributed by atoms with Crippen LogP contribution in [0.15, 0.2) is 36.4 Å². The molecule has 0 bridgehead atoms. The maximum absolute atomic E-state index is 11.0. The van der Waals surface area contributed by atoms with Crippen molar-refractivity contribution < 1.29 is 4.79 Å². The van der Waals surface area contributed by atoms with E-state index in [-0.39, 0.29) is 0 Å². The number of hydrogen-bond donors (Lipinski definition) is 1. The van der Waals surface area contributed by atoms with Crippen molar-refractivity contribution in [1.29, 1.82) is 0 Å². The Morgan fingerprint density at radius 3 is 2.47 bits per heavy atom. The molecule has 2 aromatic carbocycles. The van der Waals surface area contributed by atoms with Gasteiger partial charge in [-0.3, -0.25) is 4.79 Å². The Labute approximate surface area is 109 Å². The quantitative estimate of drug-likeness (QED) is 0.658. The lowest BCUT2D eigenvalue weighted by atomic mass is 10.00. The van der Waals surface area contributed by atoms with E-state index in [2.05, 4.69) is 0 Å². The minimum absolute atomic E-state index is 0.377. The molecule has 0 fully saturated rings. The monoisotopic (exact) mass is 265 g/mol. The molecular formula is C13H9Cl2NO. The Morgan fingerprint density at radius 2 is 1.76 bits per heavy atom. The van der Waals surface area contributed by atoms with Gasteiger partial charge in [0.05, 0.1) is 10.0 Å². The first-order valence-electron chi connectivity index (χ1n) is 4.92. The van der Waals surface area contributed by atoms with Gasteiger partial charge in [-0.25, -0.2) is 0 Å². The summed E-state index contributed by atoms with van der Waals surface area (Å²) in [7, 11) is 0. The average Bonchev–Trinajstić information content (AvgIpc) is 2.33. The maximum Gasteiger partial charge on any atom is 0.150 e. The smallest absolute Gasteiger partial charge is 0.150 e. The molecule has 0 spiro atoms. The highest BCUT2D eigenvalue weighted by Gasteiger charge is 2.11. The molecule has 2 aromatic rings. The molecule has 0 aromatic heterocycles. The minimum Gasteiger partial charge on any atom is -0.399 e. The molecular weight excluding hydrogens is 257 g/mol. The number of nitrogens with two attached hydrogens (primary N) is 1. The second kappa shape index (κ2) is 4.78. The fourth-order valence-corrected chi connectivity index (χ4v) is 2.09. The van der Waals surface area contributed by atoms with Gasteiger partial charge < -0.3 is 5.73 Å². The summed E-state index contributed by atoms with van der Waals surface area (Å²) in [6, 6.07) is 10.4. The molecule has 17 heavy (non-hydrogen) atoms. The number of carbonyl (C=O) groups is 1. The third-order valence-corrected chi connectivity index (χ3v) is 3.23. The van der Waals surface area contributed by atoms with E-state index in [1.165, 1.54) is 0 Å². The number of rotatable bonds is 2. The largest absolute Gasteiger partial charge is 0.399 e. The molecule has 2 N–H and O–H groups in total. The summed E-state index contributed by atoms with van der Waals surface area (Å²) in [5.41, 5.74) is 8.18. The number of hydrogen-bond acceptors (Lipinski definition) is 2. The Bertz CT molecular complexity index is 582. The van der Waals surface area contributed by atoms with E-state index < -0.39 is 0 Å². The number of halogens is 2. The van der Waals surface area contributed by atoms with Gasteiger partial charge in [0.25, 0.3) is 0 Å². The van der Waals surface area contributed by atoms with Gasteiger partial charge in [0.2, 0.25) is 0 Å². The molecule has 0 aliphatic heterocycles. The SMILES string of the molecule is Nc1cc(Cl)c(Cl)c(-c2ccccc2C=O)c1. The van der Waals surface area contributed by atoms with Gasteiger partial charge in [0.15, 0.2) is 6.29 Å². The van der Waals surface area contributed by atoms with Crippen molar-refractivity contribution in [2.75, 3.05) is 5.73 Å². The highest BCUT2D eigenvalue weighted by atomic mass is 35.5. The minimum atomic E-state index is 0.377. The van der Waals surface area contributed by atoms with Crippen LogP contribution in [0.1, 0.15) is 10.4 Å². The van der Waals surface area contributed by atoms with Gasteiger partial charge in [0.1, 0.15) is 0 Å². The molecule has 2 nitrogen and oxygen atoms in total. The Kier molecular flexibility index (Phi) is 3.36. The van der Waals surface area contributed by atoms with Crippen molar-refractivity contribution in [3.05, 3.63) is 52.0 Å². The highest BCUT2D eigenvalue weighted by molar-refractivity contribution is 6.44. The lowest BCUT2D eigenvalue weighted by molar-refractivity contribution is 0.112. The zero-order valence-corrected chi connectivity index (χ0v) is 10.3. The first kappa shape index (κ1) is 12.0. The van der Waals surface area contributed by atoms with Crippen LogP contribution in [0.2, 0.25) is 10.0 Å². The van der Waals surface area contributed by atoms with Crippen LogP contribution in [0.5, 0.6) is 0 Å². The number of nitrogen functional groups attached to an aromatic ring is 1. The van der Waals surface area contributed by atoms with E-state index in [4.69, 9.17) is 28.9 Å². The van der Waals surface area contributed by atoms with Crippen LogP contribution in [0.4, 0.5) is 5.69 Å². The van der Waals surface area contributed by atoms with Crippen LogP contribution in [0.25, 0.3) is 11.1 Å². The molecule has 0 aliphatic carbocycles. The van der Waals surface area contributed by atoms with Crippen molar-refractivity contribution in [2.45, 2.75) is 0 Å². The molecule has 0 saturated carbocycles. The average molecular weight is 266 g/mol. The molecule has 0 aliphatic rings. The van der Waals surface area contributed by atoms with Crippen LogP contribution >= 0.6 is 23.2 Å². The molecule has 4 heteroatoms. The molecule has 2 rings (SSSR count). The summed E-state index contributed by atoms with van der Waals surface area (Å²) in [6.07, 6.45) is 0.781. The lowest BCUT2D eigenvalue weighted by Crippen LogP contribution is -1.91. The fourth-order valence-electron chi connectivity index (χ4n) is 1.65. The molecule has 0 radical (unpaired) electrons. The standard InChI is InChI=1S/C13H9Cl2NO/c14-12-6-9(16)5-11(13(12)15)10-4-2-1-3-8(10)7-17/h1-7H,16H2. The molecule has 0 amide bonds. The number of anilines is 1. The Morgan fingerprint density at radius 1 is 1.06 bits per heavy atom. The van der Waals surface area contributed by atoms with Crippen LogP contribution in [0.3, 0.4) is 0 Å². The van der Waals surface area contributed by atoms with E-state index in [0.717, 1.165) is 11.8 Å². The van der Waals surface area contributed by atoms with Gasteiger partial charge in [-0.2, -0.15) is 0 Å². The Hall–Kier alpha value is -1.51. The predicted molar refractivity (Wildman–Crippen MR) is 71.7 cm³/mol. The fraction of sp³-hybridized carbons (Fsp3) is 0.